The molecule has 4 aromatic rings. The lowest BCUT2D eigenvalue weighted by molar-refractivity contribution is -0.114. The van der Waals surface area contributed by atoms with Gasteiger partial charge in [-0.05, 0) is 42.8 Å². The van der Waals surface area contributed by atoms with Gasteiger partial charge in [0.2, 0.25) is 16.9 Å². The highest BCUT2D eigenvalue weighted by Crippen LogP contribution is 2.36. The number of rotatable bonds is 7. The second-order valence-corrected chi connectivity index (χ2v) is 11.4. The molecule has 5 rings (SSSR count). The van der Waals surface area contributed by atoms with Crippen molar-refractivity contribution in [3.05, 3.63) is 68.0 Å². The van der Waals surface area contributed by atoms with Crippen LogP contribution in [-0.2, 0) is 9.59 Å². The fourth-order valence-electron chi connectivity index (χ4n) is 3.29. The van der Waals surface area contributed by atoms with E-state index in [1.807, 2.05) is 31.2 Å². The molecule has 0 spiro atoms. The number of carbonyl (C=O) groups is 2. The van der Waals surface area contributed by atoms with E-state index in [-0.39, 0.29) is 17.5 Å². The molecule has 2 aromatic heterocycles. The molecule has 9 nitrogen and oxygen atoms in total. The number of aryl methyl sites for hydroxylation is 1. The third kappa shape index (κ3) is 5.27. The average molecular weight is 588 g/mol. The number of fused-ring (bicyclic) bond motifs is 1. The van der Waals surface area contributed by atoms with E-state index >= 15 is 0 Å². The quantitative estimate of drug-likeness (QED) is 0.280. The number of thioether (sulfide) groups is 1. The number of thiazole rings is 1. The van der Waals surface area contributed by atoms with Crippen LogP contribution < -0.4 is 21.2 Å². The second kappa shape index (κ2) is 9.85. The van der Waals surface area contributed by atoms with Crippen LogP contribution in [0, 0.1) is 6.92 Å². The van der Waals surface area contributed by atoms with Gasteiger partial charge < -0.3 is 15.7 Å². The van der Waals surface area contributed by atoms with Gasteiger partial charge in [0.15, 0.2) is 9.47 Å². The van der Waals surface area contributed by atoms with Crippen LogP contribution in [0.4, 0.5) is 16.0 Å². The minimum atomic E-state index is -0.429. The summed E-state index contributed by atoms with van der Waals surface area (Å²) >= 11 is 7.04. The smallest absolute Gasteiger partial charge is 0.279 e. The number of hydrogen-bond donors (Lipinski definition) is 3. The van der Waals surface area contributed by atoms with Crippen molar-refractivity contribution in [2.24, 2.45) is 4.99 Å². The number of benzene rings is 2. The van der Waals surface area contributed by atoms with Crippen LogP contribution in [0.15, 0.2) is 56.3 Å². The van der Waals surface area contributed by atoms with Crippen LogP contribution in [0.25, 0.3) is 5.57 Å². The van der Waals surface area contributed by atoms with Crippen molar-refractivity contribution in [3.63, 3.8) is 0 Å². The maximum atomic E-state index is 12.5. The van der Waals surface area contributed by atoms with Gasteiger partial charge in [-0.3, -0.25) is 9.59 Å². The van der Waals surface area contributed by atoms with E-state index in [4.69, 9.17) is 0 Å². The molecule has 0 bridgehead atoms. The Labute approximate surface area is 219 Å². The SMILES string of the molecule is Cc1cccc(NC(=O)CSc2nnc(Nc3nc(O)c(C4=c5cc(Br)ccc5=NC4=O)s3)s2)c1. The molecule has 3 N–H and O–H groups in total. The number of hydrogen-bond acceptors (Lipinski definition) is 10. The molecule has 13 heteroatoms. The molecule has 0 radical (unpaired) electrons. The summed E-state index contributed by atoms with van der Waals surface area (Å²) < 4.78 is 1.40. The molecule has 1 aliphatic heterocycles. The van der Waals surface area contributed by atoms with Crippen molar-refractivity contribution >= 4 is 83.7 Å². The maximum Gasteiger partial charge on any atom is 0.279 e. The standard InChI is InChI=1S/C22H15BrN6O3S3/c1-10-3-2-4-12(7-10)24-15(30)9-33-22-29-28-21(35-22)27-20-26-19(32)17(34-20)16-13-8-11(23)5-6-14(13)25-18(16)31/h2-8,32H,9H2,1H3,(H,24,30)(H,26,27,28). The average Bonchev–Trinajstić information content (AvgIpc) is 3.49. The fraction of sp³-hybridized carbons (Fsp3) is 0.0909. The van der Waals surface area contributed by atoms with Crippen molar-refractivity contribution < 1.29 is 14.7 Å². The summed E-state index contributed by atoms with van der Waals surface area (Å²) in [6.45, 7) is 1.96. The van der Waals surface area contributed by atoms with Crippen molar-refractivity contribution in [1.82, 2.24) is 15.2 Å². The van der Waals surface area contributed by atoms with Crippen LogP contribution in [0.5, 0.6) is 5.88 Å². The summed E-state index contributed by atoms with van der Waals surface area (Å²) in [5.74, 6) is -0.655. The van der Waals surface area contributed by atoms with Gasteiger partial charge >= 0.3 is 0 Å². The first-order valence-corrected chi connectivity index (χ1v) is 13.5. The Balaban J connectivity index is 1.26. The number of nitrogens with zero attached hydrogens (tertiary/aromatic N) is 4. The van der Waals surface area contributed by atoms with Crippen LogP contribution in [0.2, 0.25) is 0 Å². The molecule has 176 valence electrons. The van der Waals surface area contributed by atoms with Crippen LogP contribution in [0.3, 0.4) is 0 Å². The Morgan fingerprint density at radius 3 is 2.83 bits per heavy atom. The van der Waals surface area contributed by atoms with E-state index in [2.05, 4.69) is 46.7 Å². The van der Waals surface area contributed by atoms with Gasteiger partial charge in [-0.25, -0.2) is 4.99 Å². The number of halogens is 1. The highest BCUT2D eigenvalue weighted by molar-refractivity contribution is 9.10. The second-order valence-electron chi connectivity index (χ2n) is 7.33. The Hall–Kier alpha value is -3.13. The van der Waals surface area contributed by atoms with E-state index in [1.54, 1.807) is 18.2 Å². The molecule has 0 fully saturated rings. The van der Waals surface area contributed by atoms with Gasteiger partial charge in [-0.2, -0.15) is 4.98 Å². The molecule has 0 aliphatic carbocycles. The maximum absolute atomic E-state index is 12.5. The van der Waals surface area contributed by atoms with Gasteiger partial charge in [-0.15, -0.1) is 10.2 Å². The zero-order valence-corrected chi connectivity index (χ0v) is 21.9. The topological polar surface area (TPSA) is 129 Å². The molecular formula is C22H15BrN6O3S3. The fourth-order valence-corrected chi connectivity index (χ4v) is 6.18. The molecule has 3 heterocycles. The number of nitrogens with one attached hydrogen (secondary N) is 2. The molecule has 0 atom stereocenters. The van der Waals surface area contributed by atoms with Crippen molar-refractivity contribution in [2.75, 3.05) is 16.4 Å². The molecule has 0 saturated carbocycles. The lowest BCUT2D eigenvalue weighted by atomic mass is 10.1. The number of amides is 2. The largest absolute Gasteiger partial charge is 0.492 e. The number of aromatic nitrogens is 3. The summed E-state index contributed by atoms with van der Waals surface area (Å²) in [5.41, 5.74) is 2.11. The van der Waals surface area contributed by atoms with Crippen molar-refractivity contribution in [1.29, 1.82) is 0 Å². The third-order valence-electron chi connectivity index (χ3n) is 4.75. The van der Waals surface area contributed by atoms with Crippen LogP contribution in [0.1, 0.15) is 10.4 Å². The van der Waals surface area contributed by atoms with Gasteiger partial charge in [0.05, 0.1) is 16.7 Å². The van der Waals surface area contributed by atoms with E-state index in [1.165, 1.54) is 23.1 Å². The molecule has 0 saturated heterocycles. The monoisotopic (exact) mass is 586 g/mol. The molecule has 2 aromatic carbocycles. The molecule has 1 aliphatic rings. The minimum absolute atomic E-state index is 0.143. The van der Waals surface area contributed by atoms with Crippen LogP contribution in [-0.4, -0.2) is 37.9 Å². The molecule has 2 amide bonds. The predicted molar refractivity (Wildman–Crippen MR) is 140 cm³/mol. The summed E-state index contributed by atoms with van der Waals surface area (Å²) in [7, 11) is 0. The Kier molecular flexibility index (Phi) is 6.65. The Bertz CT molecular complexity index is 1600. The first-order valence-electron chi connectivity index (χ1n) is 10.1. The van der Waals surface area contributed by atoms with E-state index in [0.717, 1.165) is 27.1 Å². The first kappa shape index (κ1) is 23.6. The van der Waals surface area contributed by atoms with E-state index in [9.17, 15) is 14.7 Å². The summed E-state index contributed by atoms with van der Waals surface area (Å²) in [4.78, 5) is 33.2. The summed E-state index contributed by atoms with van der Waals surface area (Å²) in [6.07, 6.45) is 0. The molecular weight excluding hydrogens is 572 g/mol. The van der Waals surface area contributed by atoms with Gasteiger partial charge in [-0.1, -0.05) is 62.5 Å². The molecule has 0 unspecified atom stereocenters. The highest BCUT2D eigenvalue weighted by atomic mass is 79.9. The summed E-state index contributed by atoms with van der Waals surface area (Å²) in [5, 5.41) is 26.4. The Morgan fingerprint density at radius 1 is 1.14 bits per heavy atom. The normalized spacial score (nSPS) is 12.4. The number of aromatic hydroxyl groups is 1. The zero-order chi connectivity index (χ0) is 24.5. The van der Waals surface area contributed by atoms with Gasteiger partial charge in [0.25, 0.3) is 5.91 Å². The Morgan fingerprint density at radius 2 is 2.00 bits per heavy atom. The van der Waals surface area contributed by atoms with Crippen LogP contribution >= 0.6 is 50.4 Å². The first-order chi connectivity index (χ1) is 16.9. The summed E-state index contributed by atoms with van der Waals surface area (Å²) in [6, 6.07) is 12.9. The highest BCUT2D eigenvalue weighted by Gasteiger charge is 2.25. The van der Waals surface area contributed by atoms with Crippen molar-refractivity contribution in [2.45, 2.75) is 11.3 Å². The lowest BCUT2D eigenvalue weighted by Gasteiger charge is -2.04. The number of anilines is 3. The predicted octanol–water partition coefficient (Wildman–Crippen LogP) is 3.60. The van der Waals surface area contributed by atoms with E-state index < -0.39 is 5.91 Å². The van der Waals surface area contributed by atoms with Gasteiger partial charge in [0.1, 0.15) is 4.88 Å². The minimum Gasteiger partial charge on any atom is -0.492 e. The zero-order valence-electron chi connectivity index (χ0n) is 17.9. The van der Waals surface area contributed by atoms with E-state index in [0.29, 0.717) is 35.6 Å². The number of carbonyl (C=O) groups excluding carboxylic acids is 2. The molecule has 35 heavy (non-hydrogen) atoms. The third-order valence-corrected chi connectivity index (χ3v) is 8.19. The van der Waals surface area contributed by atoms with Crippen molar-refractivity contribution in [3.8, 4) is 5.88 Å². The lowest BCUT2D eigenvalue weighted by Crippen LogP contribution is -2.22. The van der Waals surface area contributed by atoms with Gasteiger partial charge in [0, 0.05) is 15.4 Å².